The van der Waals surface area contributed by atoms with Gasteiger partial charge in [-0.2, -0.15) is 4.31 Å². The van der Waals surface area contributed by atoms with Crippen molar-refractivity contribution in [1.82, 2.24) is 9.62 Å². The highest BCUT2D eigenvalue weighted by molar-refractivity contribution is 7.89. The van der Waals surface area contributed by atoms with Gasteiger partial charge in [0.1, 0.15) is 0 Å². The molecule has 90 valence electrons. The Hall–Kier alpha value is -0.130. The maximum atomic E-state index is 11.9. The first-order valence-electron chi connectivity index (χ1n) is 5.67. The number of hydrogen-bond donors (Lipinski definition) is 1. The van der Waals surface area contributed by atoms with Crippen LogP contribution in [0.25, 0.3) is 0 Å². The average Bonchev–Trinajstić information content (AvgIpc) is 2.46. The Morgan fingerprint density at radius 2 is 2.07 bits per heavy atom. The van der Waals surface area contributed by atoms with Crippen molar-refractivity contribution >= 4 is 10.0 Å². The molecule has 0 radical (unpaired) electrons. The van der Waals surface area contributed by atoms with E-state index in [1.807, 2.05) is 13.8 Å². The Bertz CT molecular complexity index is 290. The molecule has 0 aliphatic carbocycles. The number of hydrogen-bond acceptors (Lipinski definition) is 3. The summed E-state index contributed by atoms with van der Waals surface area (Å²) in [6.07, 6.45) is 0.987. The highest BCUT2D eigenvalue weighted by atomic mass is 32.2. The molecule has 4 nitrogen and oxygen atoms in total. The fourth-order valence-corrected chi connectivity index (χ4v) is 3.90. The second kappa shape index (κ2) is 5.27. The van der Waals surface area contributed by atoms with Gasteiger partial charge in [0.05, 0.1) is 5.75 Å². The molecule has 15 heavy (non-hydrogen) atoms. The third-order valence-corrected chi connectivity index (χ3v) is 4.81. The molecule has 5 heteroatoms. The Kier molecular flexibility index (Phi) is 4.55. The van der Waals surface area contributed by atoms with Gasteiger partial charge in [-0.3, -0.25) is 0 Å². The summed E-state index contributed by atoms with van der Waals surface area (Å²) in [4.78, 5) is 0. The zero-order chi connectivity index (χ0) is 11.5. The normalized spacial score (nSPS) is 28.5. The lowest BCUT2D eigenvalue weighted by Crippen LogP contribution is -2.38. The van der Waals surface area contributed by atoms with Crippen molar-refractivity contribution in [3.05, 3.63) is 0 Å². The van der Waals surface area contributed by atoms with Crippen molar-refractivity contribution < 1.29 is 8.42 Å². The van der Waals surface area contributed by atoms with Crippen LogP contribution in [0.3, 0.4) is 0 Å². The summed E-state index contributed by atoms with van der Waals surface area (Å²) in [7, 11) is -3.04. The molecule has 0 aromatic carbocycles. The number of sulfonamides is 1. The van der Waals surface area contributed by atoms with Gasteiger partial charge < -0.3 is 5.32 Å². The van der Waals surface area contributed by atoms with Gasteiger partial charge in [0.15, 0.2) is 0 Å². The van der Waals surface area contributed by atoms with E-state index >= 15 is 0 Å². The molecular formula is C10H22N2O2S. The van der Waals surface area contributed by atoms with Crippen molar-refractivity contribution in [1.29, 1.82) is 0 Å². The zero-order valence-corrected chi connectivity index (χ0v) is 10.7. The van der Waals surface area contributed by atoms with Crippen LogP contribution >= 0.6 is 0 Å². The summed E-state index contributed by atoms with van der Waals surface area (Å²) in [5, 5.41) is 3.05. The van der Waals surface area contributed by atoms with Gasteiger partial charge in [-0.1, -0.05) is 13.8 Å². The lowest BCUT2D eigenvalue weighted by atomic mass is 10.1. The first-order valence-corrected chi connectivity index (χ1v) is 7.28. The maximum absolute atomic E-state index is 11.9. The molecule has 1 aliphatic rings. The molecule has 0 aromatic rings. The third kappa shape index (κ3) is 3.43. The molecule has 0 amide bonds. The molecule has 0 saturated carbocycles. The third-order valence-electron chi connectivity index (χ3n) is 2.87. The van der Waals surface area contributed by atoms with E-state index in [1.165, 1.54) is 0 Å². The van der Waals surface area contributed by atoms with Crippen LogP contribution in [0, 0.1) is 5.92 Å². The second-order valence-electron chi connectivity index (χ2n) is 4.43. The summed E-state index contributed by atoms with van der Waals surface area (Å²) in [6.45, 7) is 8.14. The van der Waals surface area contributed by atoms with Gasteiger partial charge in [-0.25, -0.2) is 8.42 Å². The van der Waals surface area contributed by atoms with Gasteiger partial charge in [-0.15, -0.1) is 0 Å². The Balaban J connectivity index is 2.54. The zero-order valence-electron chi connectivity index (χ0n) is 9.86. The van der Waals surface area contributed by atoms with E-state index in [4.69, 9.17) is 0 Å². The maximum Gasteiger partial charge on any atom is 0.215 e. The molecule has 0 spiro atoms. The van der Waals surface area contributed by atoms with Crippen LogP contribution in [0.15, 0.2) is 0 Å². The average molecular weight is 234 g/mol. The number of nitrogens with zero attached hydrogens (tertiary/aromatic N) is 1. The van der Waals surface area contributed by atoms with Crippen molar-refractivity contribution in [2.45, 2.75) is 33.2 Å². The van der Waals surface area contributed by atoms with Crippen LogP contribution in [0.4, 0.5) is 0 Å². The van der Waals surface area contributed by atoms with E-state index in [9.17, 15) is 8.42 Å². The minimum absolute atomic E-state index is 0.173. The largest absolute Gasteiger partial charge is 0.316 e. The Morgan fingerprint density at radius 3 is 2.53 bits per heavy atom. The monoisotopic (exact) mass is 234 g/mol. The minimum atomic E-state index is -3.04. The molecule has 1 heterocycles. The number of rotatable bonds is 5. The predicted molar refractivity (Wildman–Crippen MR) is 62.3 cm³/mol. The molecule has 1 rings (SSSR count). The van der Waals surface area contributed by atoms with Gasteiger partial charge in [0, 0.05) is 19.1 Å². The van der Waals surface area contributed by atoms with Crippen LogP contribution in [0.5, 0.6) is 0 Å². The van der Waals surface area contributed by atoms with E-state index in [-0.39, 0.29) is 11.8 Å². The van der Waals surface area contributed by atoms with Gasteiger partial charge in [0.25, 0.3) is 0 Å². The van der Waals surface area contributed by atoms with Crippen LogP contribution < -0.4 is 5.32 Å². The molecule has 1 saturated heterocycles. The highest BCUT2D eigenvalue weighted by Crippen LogP contribution is 2.25. The molecule has 2 atom stereocenters. The van der Waals surface area contributed by atoms with Crippen LogP contribution in [-0.4, -0.2) is 44.2 Å². The molecule has 1 fully saturated rings. The van der Waals surface area contributed by atoms with Crippen LogP contribution in [-0.2, 0) is 10.0 Å². The summed E-state index contributed by atoms with van der Waals surface area (Å²) in [5.74, 6) is 0.714. The smallest absolute Gasteiger partial charge is 0.215 e. The Labute approximate surface area is 93.1 Å². The van der Waals surface area contributed by atoms with E-state index < -0.39 is 10.0 Å². The van der Waals surface area contributed by atoms with Crippen LogP contribution in [0.1, 0.15) is 27.2 Å². The predicted octanol–water partition coefficient (Wildman–Crippen LogP) is 0.656. The van der Waals surface area contributed by atoms with Crippen molar-refractivity contribution in [2.24, 2.45) is 5.92 Å². The van der Waals surface area contributed by atoms with E-state index in [2.05, 4.69) is 12.2 Å². The standard InChI is InChI=1S/C10H22N2O2S/c1-4-11-5-6-15(13,14)12-8-9(2)7-10(12)3/h9-11H,4-8H2,1-3H3. The van der Waals surface area contributed by atoms with Gasteiger partial charge >= 0.3 is 0 Å². The number of nitrogens with one attached hydrogen (secondary N) is 1. The highest BCUT2D eigenvalue weighted by Gasteiger charge is 2.34. The molecule has 2 unspecified atom stereocenters. The summed E-state index contributed by atoms with van der Waals surface area (Å²) in [6, 6.07) is 0.173. The topological polar surface area (TPSA) is 49.4 Å². The SMILES string of the molecule is CCNCCS(=O)(=O)N1CC(C)CC1C. The fraction of sp³-hybridized carbons (Fsp3) is 1.00. The van der Waals surface area contributed by atoms with Gasteiger partial charge in [0.2, 0.25) is 10.0 Å². The van der Waals surface area contributed by atoms with E-state index in [0.29, 0.717) is 19.0 Å². The first kappa shape index (κ1) is 12.9. The minimum Gasteiger partial charge on any atom is -0.316 e. The molecule has 0 bridgehead atoms. The summed E-state index contributed by atoms with van der Waals surface area (Å²) >= 11 is 0. The fourth-order valence-electron chi connectivity index (χ4n) is 2.14. The second-order valence-corrected chi connectivity index (χ2v) is 6.47. The van der Waals surface area contributed by atoms with E-state index in [0.717, 1.165) is 13.0 Å². The van der Waals surface area contributed by atoms with Crippen molar-refractivity contribution in [2.75, 3.05) is 25.4 Å². The lowest BCUT2D eigenvalue weighted by Gasteiger charge is -2.20. The molecule has 0 aromatic heterocycles. The summed E-state index contributed by atoms with van der Waals surface area (Å²) in [5.41, 5.74) is 0. The Morgan fingerprint density at radius 1 is 1.40 bits per heavy atom. The van der Waals surface area contributed by atoms with Crippen molar-refractivity contribution in [3.8, 4) is 0 Å². The van der Waals surface area contributed by atoms with Gasteiger partial charge in [-0.05, 0) is 25.8 Å². The molecule has 1 N–H and O–H groups in total. The first-order chi connectivity index (χ1) is 6.97. The van der Waals surface area contributed by atoms with Crippen molar-refractivity contribution in [3.63, 3.8) is 0 Å². The van der Waals surface area contributed by atoms with E-state index in [1.54, 1.807) is 4.31 Å². The summed E-state index contributed by atoms with van der Waals surface area (Å²) < 4.78 is 25.6. The van der Waals surface area contributed by atoms with Crippen LogP contribution in [0.2, 0.25) is 0 Å². The quantitative estimate of drug-likeness (QED) is 0.711. The molecule has 1 aliphatic heterocycles. The molecular weight excluding hydrogens is 212 g/mol. The lowest BCUT2D eigenvalue weighted by molar-refractivity contribution is 0.405.